The van der Waals surface area contributed by atoms with E-state index in [1.54, 1.807) is 0 Å². The van der Waals surface area contributed by atoms with Crippen LogP contribution in [0.3, 0.4) is 0 Å². The first kappa shape index (κ1) is 31.4. The van der Waals surface area contributed by atoms with E-state index in [2.05, 4.69) is 196 Å². The molecular weight excluding hydrogens is 677 g/mol. The fourth-order valence-electron chi connectivity index (χ4n) is 9.95. The smallest absolute Gasteiger partial charge is 0.143 e. The van der Waals surface area contributed by atoms with E-state index in [-0.39, 0.29) is 5.41 Å². The number of rotatable bonds is 3. The van der Waals surface area contributed by atoms with E-state index < -0.39 is 0 Å². The molecule has 0 bridgehead atoms. The average molecular weight is 713 g/mol. The van der Waals surface area contributed by atoms with E-state index in [4.69, 9.17) is 4.42 Å². The zero-order chi connectivity index (χ0) is 37.1. The number of furan rings is 1. The molecule has 10 aromatic carbocycles. The summed E-state index contributed by atoms with van der Waals surface area (Å²) in [6.07, 6.45) is 0. The monoisotopic (exact) mass is 712 g/mol. The largest absolute Gasteiger partial charge is 0.455 e. The van der Waals surface area contributed by atoms with Gasteiger partial charge in [-0.25, -0.2) is 0 Å². The summed E-state index contributed by atoms with van der Waals surface area (Å²) in [6.45, 7) is 4.69. The van der Waals surface area contributed by atoms with Crippen molar-refractivity contribution in [1.82, 2.24) is 0 Å². The second-order valence-electron chi connectivity index (χ2n) is 16.0. The van der Waals surface area contributed by atoms with Crippen molar-refractivity contribution < 1.29 is 4.42 Å². The van der Waals surface area contributed by atoms with Crippen molar-refractivity contribution in [1.29, 1.82) is 0 Å². The molecule has 1 heteroatoms. The van der Waals surface area contributed by atoms with Crippen molar-refractivity contribution in [2.45, 2.75) is 19.3 Å². The summed E-state index contributed by atoms with van der Waals surface area (Å²) < 4.78 is 6.79. The third-order valence-electron chi connectivity index (χ3n) is 12.6. The van der Waals surface area contributed by atoms with Gasteiger partial charge in [0.25, 0.3) is 0 Å². The maximum atomic E-state index is 6.79. The Labute approximate surface area is 325 Å². The summed E-state index contributed by atoms with van der Waals surface area (Å²) in [5, 5.41) is 12.4. The van der Waals surface area contributed by atoms with Crippen molar-refractivity contribution in [3.63, 3.8) is 0 Å². The molecule has 0 aliphatic heterocycles. The Morgan fingerprint density at radius 1 is 0.357 bits per heavy atom. The van der Waals surface area contributed by atoms with Gasteiger partial charge in [-0.2, -0.15) is 0 Å². The summed E-state index contributed by atoms with van der Waals surface area (Å²) in [4.78, 5) is 0. The molecule has 1 aromatic heterocycles. The Kier molecular flexibility index (Phi) is 6.46. The van der Waals surface area contributed by atoms with E-state index in [1.165, 1.54) is 109 Å². The van der Waals surface area contributed by atoms with Crippen LogP contribution < -0.4 is 0 Å². The van der Waals surface area contributed by atoms with Crippen LogP contribution in [0, 0.1) is 0 Å². The predicted octanol–water partition coefficient (Wildman–Crippen LogP) is 15.5. The highest BCUT2D eigenvalue weighted by atomic mass is 16.3. The molecule has 0 saturated heterocycles. The lowest BCUT2D eigenvalue weighted by molar-refractivity contribution is 0.653. The van der Waals surface area contributed by atoms with E-state index >= 15 is 0 Å². The van der Waals surface area contributed by atoms with E-state index in [0.29, 0.717) is 0 Å². The molecule has 1 heterocycles. The summed E-state index contributed by atoms with van der Waals surface area (Å²) in [6, 6.07) is 67.1. The first-order chi connectivity index (χ1) is 27.5. The van der Waals surface area contributed by atoms with Crippen LogP contribution in [0.5, 0.6) is 0 Å². The zero-order valence-electron chi connectivity index (χ0n) is 31.2. The van der Waals surface area contributed by atoms with Crippen molar-refractivity contribution in [3.8, 4) is 44.5 Å². The van der Waals surface area contributed by atoms with Gasteiger partial charge < -0.3 is 4.42 Å². The molecule has 0 atom stereocenters. The van der Waals surface area contributed by atoms with Crippen molar-refractivity contribution in [2.75, 3.05) is 0 Å². The fraction of sp³-hybridized carbons (Fsp3) is 0.0545. The average Bonchev–Trinajstić information content (AvgIpc) is 3.74. The summed E-state index contributed by atoms with van der Waals surface area (Å²) in [5.41, 5.74) is 14.4. The van der Waals surface area contributed by atoms with Crippen LogP contribution in [-0.2, 0) is 5.41 Å². The van der Waals surface area contributed by atoms with Crippen LogP contribution in [0.2, 0.25) is 0 Å². The molecule has 0 N–H and O–H groups in total. The molecule has 0 fully saturated rings. The minimum absolute atomic E-state index is 0.133. The van der Waals surface area contributed by atoms with Crippen LogP contribution in [0.15, 0.2) is 186 Å². The van der Waals surface area contributed by atoms with Gasteiger partial charge in [0.15, 0.2) is 0 Å². The third-order valence-corrected chi connectivity index (χ3v) is 12.6. The minimum Gasteiger partial charge on any atom is -0.455 e. The van der Waals surface area contributed by atoms with Crippen LogP contribution >= 0.6 is 0 Å². The van der Waals surface area contributed by atoms with Crippen molar-refractivity contribution >= 4 is 65.0 Å². The van der Waals surface area contributed by atoms with Gasteiger partial charge in [-0.1, -0.05) is 172 Å². The highest BCUT2D eigenvalue weighted by Crippen LogP contribution is 2.54. The van der Waals surface area contributed by atoms with E-state index in [0.717, 1.165) is 11.2 Å². The molecule has 0 unspecified atom stereocenters. The minimum atomic E-state index is -0.133. The molecule has 0 amide bonds. The maximum Gasteiger partial charge on any atom is 0.143 e. The molecule has 12 rings (SSSR count). The van der Waals surface area contributed by atoms with Crippen LogP contribution in [0.1, 0.15) is 25.0 Å². The van der Waals surface area contributed by atoms with E-state index in [9.17, 15) is 0 Å². The van der Waals surface area contributed by atoms with Gasteiger partial charge in [0, 0.05) is 21.8 Å². The molecule has 262 valence electrons. The number of hydrogen-bond donors (Lipinski definition) is 0. The first-order valence-corrected chi connectivity index (χ1v) is 19.6. The van der Waals surface area contributed by atoms with Gasteiger partial charge in [-0.3, -0.25) is 0 Å². The second kappa shape index (κ2) is 11.5. The van der Waals surface area contributed by atoms with Gasteiger partial charge >= 0.3 is 0 Å². The lowest BCUT2D eigenvalue weighted by Crippen LogP contribution is -2.14. The zero-order valence-corrected chi connectivity index (χ0v) is 31.2. The Balaban J connectivity index is 0.997. The first-order valence-electron chi connectivity index (χ1n) is 19.6. The van der Waals surface area contributed by atoms with Crippen LogP contribution in [0.25, 0.3) is 110 Å². The van der Waals surface area contributed by atoms with Crippen molar-refractivity contribution in [3.05, 3.63) is 193 Å². The number of fused-ring (bicyclic) bond motifs is 12. The molecule has 0 radical (unpaired) electrons. The predicted molar refractivity (Wildman–Crippen MR) is 238 cm³/mol. The SMILES string of the molecule is CC1(C)c2ccc(-c3ccc4cc(-c5c6ccccc6c(-c6ccccc6)c6ccccc56)ccc4c3)cc2-c2c1ccc1c2oc2ccc3ccccc3c21. The topological polar surface area (TPSA) is 13.1 Å². The fourth-order valence-corrected chi connectivity index (χ4v) is 9.95. The van der Waals surface area contributed by atoms with Crippen LogP contribution in [-0.4, -0.2) is 0 Å². The standard InChI is InChI=1S/C55H36O/c1-55(2)47-27-24-38(32-46(47)53-48(55)28-26-45-52-40-15-7-6-12-33(40)25-29-49(52)56-54(45)53)36-20-21-37-31-39(23-22-35(37)30-36)51-43-18-10-8-16-41(43)50(34-13-4-3-5-14-34)42-17-9-11-19-44(42)51/h3-32H,1-2H3. The van der Waals surface area contributed by atoms with Crippen LogP contribution in [0.4, 0.5) is 0 Å². The third kappa shape index (κ3) is 4.37. The number of hydrogen-bond acceptors (Lipinski definition) is 1. The molecule has 1 aliphatic rings. The quantitative estimate of drug-likeness (QED) is 0.166. The Hall–Kier alpha value is -6.96. The molecular formula is C55H36O. The second-order valence-corrected chi connectivity index (χ2v) is 16.0. The molecule has 56 heavy (non-hydrogen) atoms. The summed E-state index contributed by atoms with van der Waals surface area (Å²) in [5.74, 6) is 0. The Morgan fingerprint density at radius 2 is 0.893 bits per heavy atom. The molecule has 0 spiro atoms. The van der Waals surface area contributed by atoms with Crippen molar-refractivity contribution in [2.24, 2.45) is 0 Å². The van der Waals surface area contributed by atoms with E-state index in [1.807, 2.05) is 0 Å². The summed E-state index contributed by atoms with van der Waals surface area (Å²) >= 11 is 0. The Bertz CT molecular complexity index is 3380. The van der Waals surface area contributed by atoms with Gasteiger partial charge in [0.05, 0.1) is 0 Å². The van der Waals surface area contributed by atoms with Gasteiger partial charge in [0.2, 0.25) is 0 Å². The molecule has 1 aliphatic carbocycles. The molecule has 0 saturated carbocycles. The highest BCUT2D eigenvalue weighted by Gasteiger charge is 2.38. The highest BCUT2D eigenvalue weighted by molar-refractivity contribution is 6.23. The lowest BCUT2D eigenvalue weighted by Gasteiger charge is -2.21. The lowest BCUT2D eigenvalue weighted by atomic mass is 9.82. The van der Waals surface area contributed by atoms with Gasteiger partial charge in [0.1, 0.15) is 11.2 Å². The maximum absolute atomic E-state index is 6.79. The molecule has 11 aromatic rings. The normalized spacial score (nSPS) is 13.3. The van der Waals surface area contributed by atoms with Gasteiger partial charge in [-0.05, 0) is 117 Å². The summed E-state index contributed by atoms with van der Waals surface area (Å²) in [7, 11) is 0. The Morgan fingerprint density at radius 3 is 1.61 bits per heavy atom. The van der Waals surface area contributed by atoms with Gasteiger partial charge in [-0.15, -0.1) is 0 Å². The molecule has 1 nitrogen and oxygen atoms in total. The number of benzene rings is 10.